The number of phenols is 1. The van der Waals surface area contributed by atoms with E-state index in [1.54, 1.807) is 18.2 Å². The van der Waals surface area contributed by atoms with Crippen molar-refractivity contribution in [2.75, 3.05) is 19.6 Å². The Labute approximate surface area is 163 Å². The molecule has 0 spiro atoms. The van der Waals surface area contributed by atoms with Crippen molar-refractivity contribution in [2.24, 2.45) is 5.92 Å². The molecule has 6 rings (SSSR count). The Balaban J connectivity index is 1.55. The first-order valence-electron chi connectivity index (χ1n) is 10.1. The molecule has 2 N–H and O–H groups in total. The van der Waals surface area contributed by atoms with Gasteiger partial charge >= 0.3 is 0 Å². The quantitative estimate of drug-likeness (QED) is 0.838. The van der Waals surface area contributed by atoms with Crippen LogP contribution in [-0.2, 0) is 0 Å². The Morgan fingerprint density at radius 1 is 1.14 bits per heavy atom. The molecule has 0 saturated carbocycles. The average molecular weight is 379 g/mol. The highest BCUT2D eigenvalue weighted by Gasteiger charge is 2.54. The van der Waals surface area contributed by atoms with E-state index in [0.717, 1.165) is 37.2 Å². The van der Waals surface area contributed by atoms with E-state index in [4.69, 9.17) is 0 Å². The van der Waals surface area contributed by atoms with E-state index < -0.39 is 0 Å². The fourth-order valence-corrected chi connectivity index (χ4v) is 5.60. The first-order chi connectivity index (χ1) is 13.5. The maximum Gasteiger partial charge on any atom is 0.260 e. The van der Waals surface area contributed by atoms with Crippen molar-refractivity contribution in [3.63, 3.8) is 0 Å². The summed E-state index contributed by atoms with van der Waals surface area (Å²) in [6.45, 7) is 4.52. The van der Waals surface area contributed by atoms with Crippen molar-refractivity contribution in [3.05, 3.63) is 63.6 Å². The molecule has 1 aromatic carbocycles. The van der Waals surface area contributed by atoms with Crippen LogP contribution in [0.4, 0.5) is 0 Å². The van der Waals surface area contributed by atoms with Gasteiger partial charge in [0.25, 0.3) is 11.5 Å². The van der Waals surface area contributed by atoms with Crippen molar-refractivity contribution in [1.29, 1.82) is 0 Å². The van der Waals surface area contributed by atoms with E-state index in [-0.39, 0.29) is 40.8 Å². The number of aromatic amines is 1. The van der Waals surface area contributed by atoms with Crippen LogP contribution in [0.1, 0.15) is 40.4 Å². The Morgan fingerprint density at radius 2 is 1.93 bits per heavy atom. The van der Waals surface area contributed by atoms with Crippen LogP contribution in [0, 0.1) is 12.8 Å². The third-order valence-electron chi connectivity index (χ3n) is 6.84. The second-order valence-electron chi connectivity index (χ2n) is 8.40. The van der Waals surface area contributed by atoms with Crippen LogP contribution in [-0.4, -0.2) is 57.5 Å². The summed E-state index contributed by atoms with van der Waals surface area (Å²) in [5.74, 6) is 0.705. The van der Waals surface area contributed by atoms with Crippen LogP contribution in [0.3, 0.4) is 0 Å². The average Bonchev–Trinajstić information content (AvgIpc) is 3.11. The normalized spacial score (nSPS) is 31.0. The number of phenolic OH excluding ortho intramolecular Hbond substituents is 1. The molecule has 0 radical (unpaired) electrons. The third kappa shape index (κ3) is 2.66. The lowest BCUT2D eigenvalue weighted by molar-refractivity contribution is -0.00347. The molecule has 146 valence electrons. The van der Waals surface area contributed by atoms with E-state index in [9.17, 15) is 14.7 Å². The topological polar surface area (TPSA) is 76.6 Å². The Morgan fingerprint density at radius 3 is 2.64 bits per heavy atom. The van der Waals surface area contributed by atoms with Crippen molar-refractivity contribution < 1.29 is 9.90 Å². The van der Waals surface area contributed by atoms with Gasteiger partial charge in [0.05, 0.1) is 6.04 Å². The number of nitrogens with zero attached hydrogens (tertiary/aromatic N) is 2. The number of pyridine rings is 1. The van der Waals surface area contributed by atoms with Gasteiger partial charge in [-0.2, -0.15) is 0 Å². The lowest BCUT2D eigenvalue weighted by Gasteiger charge is -2.51. The van der Waals surface area contributed by atoms with Gasteiger partial charge in [0.1, 0.15) is 11.3 Å². The molecule has 5 heterocycles. The number of benzene rings is 1. The number of hydrogen-bond acceptors (Lipinski definition) is 4. The van der Waals surface area contributed by atoms with Crippen LogP contribution in [0.2, 0.25) is 0 Å². The first-order valence-corrected chi connectivity index (χ1v) is 10.1. The van der Waals surface area contributed by atoms with Gasteiger partial charge in [0, 0.05) is 24.2 Å². The standard InChI is InChI=1S/C22H25N3O3/c1-13-5-6-17(21(27)23-13)22(28)25-12-18(15-3-2-4-16(26)11-15)20-19(25)14-7-9-24(20)10-8-14/h2-6,11,14,18-20,26H,7-10,12H2,1H3,(H,23,27)/t18-,19+,20+/m1/s1. The summed E-state index contributed by atoms with van der Waals surface area (Å²) in [5, 5.41) is 9.98. The summed E-state index contributed by atoms with van der Waals surface area (Å²) in [7, 11) is 0. The van der Waals surface area contributed by atoms with Crippen LogP contribution in [0.15, 0.2) is 41.2 Å². The molecule has 0 aliphatic carbocycles. The minimum Gasteiger partial charge on any atom is -0.508 e. The number of fused-ring (bicyclic) bond motifs is 2. The minimum absolute atomic E-state index is 0.128. The molecule has 2 aromatic rings. The van der Waals surface area contributed by atoms with Crippen LogP contribution >= 0.6 is 0 Å². The van der Waals surface area contributed by atoms with Gasteiger partial charge in [0.15, 0.2) is 0 Å². The molecular weight excluding hydrogens is 354 g/mol. The zero-order valence-electron chi connectivity index (χ0n) is 16.0. The van der Waals surface area contributed by atoms with Gasteiger partial charge in [0.2, 0.25) is 0 Å². The molecule has 4 aliphatic heterocycles. The molecule has 2 bridgehead atoms. The smallest absolute Gasteiger partial charge is 0.260 e. The van der Waals surface area contributed by atoms with Gasteiger partial charge < -0.3 is 15.0 Å². The highest BCUT2D eigenvalue weighted by atomic mass is 16.3. The molecule has 4 fully saturated rings. The summed E-state index contributed by atoms with van der Waals surface area (Å²) in [4.78, 5) is 33.0. The fourth-order valence-electron chi connectivity index (χ4n) is 5.60. The van der Waals surface area contributed by atoms with E-state index in [2.05, 4.69) is 9.88 Å². The van der Waals surface area contributed by atoms with Crippen molar-refractivity contribution in [2.45, 2.75) is 37.8 Å². The SMILES string of the molecule is Cc1ccc(C(=O)N2C[C@H](c3cccc(O)c3)[C@H]3[C@@H]2C2CCN3CC2)c(=O)[nH]1. The zero-order valence-corrected chi connectivity index (χ0v) is 16.0. The predicted octanol–water partition coefficient (Wildman–Crippen LogP) is 2.09. The van der Waals surface area contributed by atoms with Gasteiger partial charge in [-0.25, -0.2) is 0 Å². The summed E-state index contributed by atoms with van der Waals surface area (Å²) in [5.41, 5.74) is 1.72. The molecule has 1 amide bonds. The zero-order chi connectivity index (χ0) is 19.4. The van der Waals surface area contributed by atoms with Gasteiger partial charge in [-0.1, -0.05) is 12.1 Å². The maximum absolute atomic E-state index is 13.4. The summed E-state index contributed by atoms with van der Waals surface area (Å²) in [6, 6.07) is 11.2. The fraction of sp³-hybridized carbons (Fsp3) is 0.455. The number of hydrogen-bond donors (Lipinski definition) is 2. The summed E-state index contributed by atoms with van der Waals surface area (Å²) in [6.07, 6.45) is 2.20. The van der Waals surface area contributed by atoms with E-state index in [1.807, 2.05) is 30.0 Å². The molecule has 3 atom stereocenters. The predicted molar refractivity (Wildman–Crippen MR) is 106 cm³/mol. The monoisotopic (exact) mass is 379 g/mol. The number of H-pyrrole nitrogens is 1. The Kier molecular flexibility index (Phi) is 4.05. The maximum atomic E-state index is 13.4. The number of likely N-dealkylation sites (tertiary alicyclic amines) is 1. The number of aromatic hydroxyl groups is 1. The Bertz CT molecular complexity index is 977. The molecule has 4 aliphatic rings. The number of piperidine rings is 3. The summed E-state index contributed by atoms with van der Waals surface area (Å²) < 4.78 is 0. The van der Waals surface area contributed by atoms with E-state index in [1.165, 1.54) is 0 Å². The van der Waals surface area contributed by atoms with Crippen molar-refractivity contribution in [1.82, 2.24) is 14.8 Å². The molecule has 6 heteroatoms. The molecule has 4 saturated heterocycles. The second-order valence-corrected chi connectivity index (χ2v) is 8.40. The number of aryl methyl sites for hydroxylation is 1. The molecule has 6 nitrogen and oxygen atoms in total. The van der Waals surface area contributed by atoms with Crippen LogP contribution < -0.4 is 5.56 Å². The lowest BCUT2D eigenvalue weighted by atomic mass is 9.75. The lowest BCUT2D eigenvalue weighted by Crippen LogP contribution is -2.61. The van der Waals surface area contributed by atoms with Gasteiger partial charge in [-0.05, 0) is 68.6 Å². The van der Waals surface area contributed by atoms with Gasteiger partial charge in [-0.3, -0.25) is 14.5 Å². The largest absolute Gasteiger partial charge is 0.508 e. The molecular formula is C22H25N3O3. The molecule has 28 heavy (non-hydrogen) atoms. The highest BCUT2D eigenvalue weighted by molar-refractivity contribution is 5.94. The third-order valence-corrected chi connectivity index (χ3v) is 6.84. The highest BCUT2D eigenvalue weighted by Crippen LogP contribution is 2.47. The number of rotatable bonds is 2. The van der Waals surface area contributed by atoms with E-state index in [0.29, 0.717) is 12.5 Å². The Hall–Kier alpha value is -2.60. The van der Waals surface area contributed by atoms with Crippen molar-refractivity contribution in [3.8, 4) is 5.75 Å². The van der Waals surface area contributed by atoms with Gasteiger partial charge in [-0.15, -0.1) is 0 Å². The molecule has 0 unspecified atom stereocenters. The number of carbonyl (C=O) groups excluding carboxylic acids is 1. The minimum atomic E-state index is -0.316. The van der Waals surface area contributed by atoms with Crippen LogP contribution in [0.25, 0.3) is 0 Å². The summed E-state index contributed by atoms with van der Waals surface area (Å²) >= 11 is 0. The van der Waals surface area contributed by atoms with Crippen molar-refractivity contribution >= 4 is 5.91 Å². The number of aromatic nitrogens is 1. The van der Waals surface area contributed by atoms with E-state index >= 15 is 0 Å². The number of carbonyl (C=O) groups is 1. The molecule has 1 aromatic heterocycles. The number of amides is 1. The van der Waals surface area contributed by atoms with Crippen LogP contribution in [0.5, 0.6) is 5.75 Å². The number of nitrogens with one attached hydrogen (secondary N) is 1. The second kappa shape index (κ2) is 6.48. The first kappa shape index (κ1) is 17.5.